The molecule has 0 radical (unpaired) electrons. The molecule has 7 heteroatoms. The Morgan fingerprint density at radius 3 is 2.32 bits per heavy atom. The van der Waals surface area contributed by atoms with Crippen LogP contribution in [0.1, 0.15) is 23.2 Å². The van der Waals surface area contributed by atoms with Crippen molar-refractivity contribution in [2.24, 2.45) is 5.73 Å². The van der Waals surface area contributed by atoms with Crippen LogP contribution in [-0.4, -0.2) is 28.9 Å². The monoisotopic (exact) mass is 344 g/mol. The van der Waals surface area contributed by atoms with Crippen molar-refractivity contribution in [2.75, 3.05) is 0 Å². The maximum atomic E-state index is 14.3. The predicted octanol–water partition coefficient (Wildman–Crippen LogP) is 1.94. The maximum Gasteiger partial charge on any atom is 0.326 e. The molecule has 0 unspecified atom stereocenters. The van der Waals surface area contributed by atoms with E-state index in [0.29, 0.717) is 5.56 Å². The van der Waals surface area contributed by atoms with E-state index in [1.807, 2.05) is 18.2 Å². The average molecular weight is 344 g/mol. The Bertz CT molecular complexity index is 793. The first-order chi connectivity index (χ1) is 11.9. The van der Waals surface area contributed by atoms with Gasteiger partial charge in [-0.15, -0.1) is 0 Å². The summed E-state index contributed by atoms with van der Waals surface area (Å²) in [5, 5.41) is 11.3. The van der Waals surface area contributed by atoms with Crippen molar-refractivity contribution >= 4 is 17.8 Å². The van der Waals surface area contributed by atoms with Crippen LogP contribution in [-0.2, 0) is 9.59 Å². The molecule has 0 aliphatic carbocycles. The fourth-order valence-electron chi connectivity index (χ4n) is 2.29. The molecular weight excluding hydrogens is 327 g/mol. The van der Waals surface area contributed by atoms with E-state index in [1.165, 1.54) is 12.1 Å². The van der Waals surface area contributed by atoms with Crippen LogP contribution < -0.4 is 11.1 Å². The lowest BCUT2D eigenvalue weighted by Gasteiger charge is -2.14. The number of carboxylic acids is 1. The van der Waals surface area contributed by atoms with Gasteiger partial charge in [-0.25, -0.2) is 9.18 Å². The zero-order valence-corrected chi connectivity index (χ0v) is 13.2. The van der Waals surface area contributed by atoms with Gasteiger partial charge in [0.2, 0.25) is 5.91 Å². The number of benzene rings is 2. The molecule has 0 saturated carbocycles. The largest absolute Gasteiger partial charge is 0.480 e. The number of hydrogen-bond donors (Lipinski definition) is 3. The molecule has 2 rings (SSSR count). The van der Waals surface area contributed by atoms with E-state index in [1.54, 1.807) is 18.2 Å². The van der Waals surface area contributed by atoms with Crippen LogP contribution >= 0.6 is 0 Å². The van der Waals surface area contributed by atoms with E-state index in [0.717, 1.165) is 5.56 Å². The van der Waals surface area contributed by atoms with Gasteiger partial charge in [0.25, 0.3) is 5.91 Å². The Hall–Kier alpha value is -3.22. The van der Waals surface area contributed by atoms with E-state index in [-0.39, 0.29) is 18.4 Å². The number of rotatable bonds is 7. The van der Waals surface area contributed by atoms with Crippen molar-refractivity contribution in [3.8, 4) is 11.1 Å². The molecule has 0 heterocycles. The van der Waals surface area contributed by atoms with Crippen LogP contribution in [0.25, 0.3) is 11.1 Å². The summed E-state index contributed by atoms with van der Waals surface area (Å²) in [4.78, 5) is 34.0. The van der Waals surface area contributed by atoms with Crippen LogP contribution in [0.3, 0.4) is 0 Å². The zero-order valence-electron chi connectivity index (χ0n) is 13.2. The second-order valence-corrected chi connectivity index (χ2v) is 5.43. The van der Waals surface area contributed by atoms with Crippen LogP contribution in [0.5, 0.6) is 0 Å². The minimum Gasteiger partial charge on any atom is -0.480 e. The molecule has 0 saturated heterocycles. The summed E-state index contributed by atoms with van der Waals surface area (Å²) in [6, 6.07) is 11.8. The number of halogens is 1. The number of aliphatic carboxylic acids is 1. The molecule has 0 aromatic heterocycles. The summed E-state index contributed by atoms with van der Waals surface area (Å²) >= 11 is 0. The quantitative estimate of drug-likeness (QED) is 0.713. The van der Waals surface area contributed by atoms with Gasteiger partial charge in [-0.1, -0.05) is 36.4 Å². The van der Waals surface area contributed by atoms with Gasteiger partial charge in [0.15, 0.2) is 0 Å². The smallest absolute Gasteiger partial charge is 0.326 e. The number of carbonyl (C=O) groups excluding carboxylic acids is 2. The fourth-order valence-corrected chi connectivity index (χ4v) is 2.29. The molecule has 4 N–H and O–H groups in total. The minimum absolute atomic E-state index is 0.167. The number of hydrogen-bond acceptors (Lipinski definition) is 3. The SMILES string of the molecule is NC(=O)CC[C@H](NC(=O)c1ccc(-c2ccccc2)cc1F)C(=O)O. The van der Waals surface area contributed by atoms with Crippen LogP contribution in [0.2, 0.25) is 0 Å². The van der Waals surface area contributed by atoms with Gasteiger partial charge in [0.1, 0.15) is 11.9 Å². The highest BCUT2D eigenvalue weighted by Crippen LogP contribution is 2.21. The van der Waals surface area contributed by atoms with Crippen molar-refractivity contribution < 1.29 is 23.9 Å². The molecule has 6 nitrogen and oxygen atoms in total. The Kier molecular flexibility index (Phi) is 5.84. The van der Waals surface area contributed by atoms with Crippen molar-refractivity contribution in [3.05, 3.63) is 59.9 Å². The summed E-state index contributed by atoms with van der Waals surface area (Å²) < 4.78 is 14.3. The normalized spacial score (nSPS) is 11.6. The molecule has 2 aromatic rings. The molecule has 0 fully saturated rings. The molecular formula is C18H17FN2O4. The highest BCUT2D eigenvalue weighted by atomic mass is 19.1. The number of nitrogens with two attached hydrogens (primary N) is 1. The van der Waals surface area contributed by atoms with Gasteiger partial charge >= 0.3 is 5.97 Å². The molecule has 0 spiro atoms. The Morgan fingerprint density at radius 1 is 1.08 bits per heavy atom. The van der Waals surface area contributed by atoms with Gasteiger partial charge in [-0.2, -0.15) is 0 Å². The van der Waals surface area contributed by atoms with Crippen molar-refractivity contribution in [1.29, 1.82) is 0 Å². The third-order valence-corrected chi connectivity index (χ3v) is 3.60. The highest BCUT2D eigenvalue weighted by Gasteiger charge is 2.22. The van der Waals surface area contributed by atoms with Gasteiger partial charge in [0.05, 0.1) is 5.56 Å². The fraction of sp³-hybridized carbons (Fsp3) is 0.167. The van der Waals surface area contributed by atoms with E-state index < -0.39 is 29.6 Å². The van der Waals surface area contributed by atoms with Crippen molar-refractivity contribution in [3.63, 3.8) is 0 Å². The summed E-state index contributed by atoms with van der Waals surface area (Å²) in [6.45, 7) is 0. The molecule has 0 bridgehead atoms. The molecule has 130 valence electrons. The first-order valence-corrected chi connectivity index (χ1v) is 7.55. The summed E-state index contributed by atoms with van der Waals surface area (Å²) in [5.41, 5.74) is 6.09. The van der Waals surface area contributed by atoms with E-state index >= 15 is 0 Å². The summed E-state index contributed by atoms with van der Waals surface area (Å²) in [7, 11) is 0. The van der Waals surface area contributed by atoms with Gasteiger partial charge in [0, 0.05) is 6.42 Å². The third kappa shape index (κ3) is 4.87. The number of primary amides is 1. The van der Waals surface area contributed by atoms with E-state index in [2.05, 4.69) is 5.32 Å². The highest BCUT2D eigenvalue weighted by molar-refractivity contribution is 5.97. The van der Waals surface area contributed by atoms with Crippen LogP contribution in [0, 0.1) is 5.82 Å². The lowest BCUT2D eigenvalue weighted by molar-refractivity contribution is -0.139. The van der Waals surface area contributed by atoms with Crippen molar-refractivity contribution in [2.45, 2.75) is 18.9 Å². The van der Waals surface area contributed by atoms with Gasteiger partial charge < -0.3 is 16.2 Å². The van der Waals surface area contributed by atoms with Crippen molar-refractivity contribution in [1.82, 2.24) is 5.32 Å². The maximum absolute atomic E-state index is 14.3. The Balaban J connectivity index is 2.16. The second kappa shape index (κ2) is 8.05. The van der Waals surface area contributed by atoms with E-state index in [9.17, 15) is 18.8 Å². The Morgan fingerprint density at radius 2 is 1.76 bits per heavy atom. The summed E-state index contributed by atoms with van der Waals surface area (Å²) in [5.74, 6) is -3.64. The number of carboxylic acid groups (broad SMARTS) is 1. The first kappa shape index (κ1) is 18.1. The topological polar surface area (TPSA) is 109 Å². The lowest BCUT2D eigenvalue weighted by atomic mass is 10.0. The molecule has 25 heavy (non-hydrogen) atoms. The molecule has 2 aromatic carbocycles. The predicted molar refractivity (Wildman–Crippen MR) is 89.2 cm³/mol. The first-order valence-electron chi connectivity index (χ1n) is 7.55. The molecule has 0 aliphatic heterocycles. The molecule has 0 aliphatic rings. The molecule has 1 atom stereocenters. The second-order valence-electron chi connectivity index (χ2n) is 5.43. The standard InChI is InChI=1S/C18H17FN2O4/c19-14-10-12(11-4-2-1-3-5-11)6-7-13(14)17(23)21-15(18(24)25)8-9-16(20)22/h1-7,10,15H,8-9H2,(H2,20,22)(H,21,23)(H,24,25)/t15-/m0/s1. The number of nitrogens with one attached hydrogen (secondary N) is 1. The third-order valence-electron chi connectivity index (χ3n) is 3.60. The average Bonchev–Trinajstić information content (AvgIpc) is 2.58. The van der Waals surface area contributed by atoms with Crippen LogP contribution in [0.15, 0.2) is 48.5 Å². The van der Waals surface area contributed by atoms with E-state index in [4.69, 9.17) is 10.8 Å². The van der Waals surface area contributed by atoms with Gasteiger partial charge in [-0.3, -0.25) is 9.59 Å². The molecule has 2 amide bonds. The lowest BCUT2D eigenvalue weighted by Crippen LogP contribution is -2.41. The van der Waals surface area contributed by atoms with Crippen LogP contribution in [0.4, 0.5) is 4.39 Å². The van der Waals surface area contributed by atoms with Gasteiger partial charge in [-0.05, 0) is 29.7 Å². The number of amides is 2. The summed E-state index contributed by atoms with van der Waals surface area (Å²) in [6.07, 6.45) is -0.368. The number of carbonyl (C=O) groups is 3. The minimum atomic E-state index is -1.33. The Labute approximate surface area is 143 Å². The zero-order chi connectivity index (χ0) is 18.4.